The maximum absolute atomic E-state index is 11.6. The molecule has 1 aliphatic heterocycles. The summed E-state index contributed by atoms with van der Waals surface area (Å²) in [6, 6.07) is 0. The number of nitrogen functional groups attached to an aromatic ring is 1. The van der Waals surface area contributed by atoms with E-state index in [1.54, 1.807) is 0 Å². The number of imidazole rings is 1. The maximum Gasteiger partial charge on any atom is 1.00 e. The molecule has 0 amide bonds. The molecule has 22 heteroatoms. The van der Waals surface area contributed by atoms with E-state index in [1.165, 1.54) is 0 Å². The summed E-state index contributed by atoms with van der Waals surface area (Å²) in [6.07, 6.45) is -4.57. The minimum atomic E-state index is -5.65. The number of phosphoric ester groups is 2. The third-order valence-electron chi connectivity index (χ3n) is 3.84. The molecule has 2 aromatic rings. The van der Waals surface area contributed by atoms with E-state index in [-0.39, 0.29) is 46.5 Å². The van der Waals surface area contributed by atoms with Gasteiger partial charge in [0.15, 0.2) is 17.7 Å². The molecule has 2 aromatic heterocycles. The van der Waals surface area contributed by atoms with Gasteiger partial charge in [-0.3, -0.25) is 18.2 Å². The van der Waals surface area contributed by atoms with E-state index in [1.807, 2.05) is 0 Å². The van der Waals surface area contributed by atoms with Gasteiger partial charge in [0.25, 0.3) is 7.82 Å². The Morgan fingerprint density at radius 2 is 1.84 bits per heavy atom. The van der Waals surface area contributed by atoms with Crippen LogP contribution in [0.25, 0.3) is 11.2 Å². The van der Waals surface area contributed by atoms with Crippen molar-refractivity contribution in [2.75, 3.05) is 12.3 Å². The topological polar surface area (TPSA) is 282 Å². The Labute approximate surface area is 200 Å². The molecule has 0 bridgehead atoms. The van der Waals surface area contributed by atoms with Crippen LogP contribution >= 0.6 is 23.5 Å². The van der Waals surface area contributed by atoms with Crippen LogP contribution < -0.4 is 40.2 Å². The number of nitrogens with zero attached hydrogens (tertiary/aromatic N) is 4. The fourth-order valence-corrected chi connectivity index (χ4v) is 4.84. The third kappa shape index (κ3) is 6.84. The van der Waals surface area contributed by atoms with E-state index < -0.39 is 54.6 Å². The molecule has 1 fully saturated rings. The van der Waals surface area contributed by atoms with Crippen molar-refractivity contribution in [2.45, 2.75) is 24.5 Å². The van der Waals surface area contributed by atoms with Crippen LogP contribution in [0.15, 0.2) is 12.7 Å². The van der Waals surface area contributed by atoms with Crippen molar-refractivity contribution in [1.82, 2.24) is 19.5 Å². The van der Waals surface area contributed by atoms with E-state index in [2.05, 4.69) is 28.3 Å². The largest absolute Gasteiger partial charge is 1.00 e. The van der Waals surface area contributed by atoms with Crippen molar-refractivity contribution >= 4 is 40.4 Å². The SMILES string of the molecule is Nc1ncnc2c1ncn2[C@@H]1O[C@H](COP(=O)(O)OP(=O)([O-])O)[C@@H](O)[C@H]1OP(=O)(O)O.[Na+]. The van der Waals surface area contributed by atoms with Crippen molar-refractivity contribution in [2.24, 2.45) is 0 Å². The number of aromatic nitrogens is 4. The first-order valence-corrected chi connectivity index (χ1v) is 12.4. The Hall–Kier alpha value is -0.360. The van der Waals surface area contributed by atoms with Gasteiger partial charge in [-0.05, 0) is 0 Å². The molecule has 0 aromatic carbocycles. The average molecular weight is 529 g/mol. The van der Waals surface area contributed by atoms with Crippen LogP contribution in [-0.2, 0) is 31.8 Å². The predicted octanol–water partition coefficient (Wildman–Crippen LogP) is -5.26. The van der Waals surface area contributed by atoms with Crippen molar-refractivity contribution in [3.05, 3.63) is 12.7 Å². The van der Waals surface area contributed by atoms with Crippen LogP contribution in [0, 0.1) is 0 Å². The van der Waals surface area contributed by atoms with Gasteiger partial charge in [-0.25, -0.2) is 28.4 Å². The summed E-state index contributed by atoms with van der Waals surface area (Å²) >= 11 is 0. The zero-order valence-electron chi connectivity index (χ0n) is 15.9. The Morgan fingerprint density at radius 3 is 2.44 bits per heavy atom. The summed E-state index contributed by atoms with van der Waals surface area (Å²) in [4.78, 5) is 58.3. The molecule has 3 rings (SSSR count). The predicted molar refractivity (Wildman–Crippen MR) is 93.3 cm³/mol. The maximum atomic E-state index is 11.6. The van der Waals surface area contributed by atoms with Gasteiger partial charge in [0.2, 0.25) is 0 Å². The van der Waals surface area contributed by atoms with Crippen LogP contribution in [0.3, 0.4) is 0 Å². The van der Waals surface area contributed by atoms with E-state index >= 15 is 0 Å². The molecule has 0 aliphatic carbocycles. The van der Waals surface area contributed by atoms with Crippen molar-refractivity contribution < 1.29 is 90.9 Å². The molecule has 0 radical (unpaired) electrons. The van der Waals surface area contributed by atoms with E-state index in [4.69, 9.17) is 25.2 Å². The molecular formula is C10H15N5NaO13P3. The molecule has 0 spiro atoms. The van der Waals surface area contributed by atoms with Crippen molar-refractivity contribution in [3.8, 4) is 0 Å². The second kappa shape index (κ2) is 10.1. The molecular weight excluding hydrogens is 514 g/mol. The van der Waals surface area contributed by atoms with Crippen molar-refractivity contribution in [1.29, 1.82) is 0 Å². The number of phosphoric acid groups is 3. The van der Waals surface area contributed by atoms with Gasteiger partial charge in [-0.15, -0.1) is 0 Å². The Kier molecular flexibility index (Phi) is 8.80. The number of fused-ring (bicyclic) bond motifs is 1. The summed E-state index contributed by atoms with van der Waals surface area (Å²) in [5.74, 6) is -0.0287. The Morgan fingerprint density at radius 1 is 1.19 bits per heavy atom. The molecule has 7 N–H and O–H groups in total. The first kappa shape index (κ1) is 27.9. The first-order valence-electron chi connectivity index (χ1n) is 7.90. The van der Waals surface area contributed by atoms with Gasteiger partial charge in [-0.2, -0.15) is 0 Å². The zero-order valence-corrected chi connectivity index (χ0v) is 20.6. The number of ether oxygens (including phenoxy) is 1. The summed E-state index contributed by atoms with van der Waals surface area (Å²) in [6.45, 7) is -1.02. The summed E-state index contributed by atoms with van der Waals surface area (Å²) in [5.41, 5.74) is 5.80. The summed E-state index contributed by atoms with van der Waals surface area (Å²) in [5, 5.41) is 10.4. The number of aliphatic hydroxyl groups is 1. The number of hydrogen-bond donors (Lipinski definition) is 6. The van der Waals surface area contributed by atoms with Gasteiger partial charge in [0.05, 0.1) is 12.9 Å². The molecule has 1 aliphatic rings. The number of hydrogen-bond acceptors (Lipinski definition) is 13. The monoisotopic (exact) mass is 529 g/mol. The third-order valence-corrected chi connectivity index (χ3v) is 6.49. The van der Waals surface area contributed by atoms with E-state index in [9.17, 15) is 28.6 Å². The van der Waals surface area contributed by atoms with Gasteiger partial charge < -0.3 is 40.0 Å². The molecule has 0 saturated carbocycles. The van der Waals surface area contributed by atoms with Gasteiger partial charge in [0.1, 0.15) is 30.2 Å². The average Bonchev–Trinajstić information content (AvgIpc) is 3.13. The first-order chi connectivity index (χ1) is 14.2. The van der Waals surface area contributed by atoms with Crippen LogP contribution in [0.1, 0.15) is 6.23 Å². The molecule has 6 atom stereocenters. The van der Waals surface area contributed by atoms with Crippen LogP contribution in [0.4, 0.5) is 5.82 Å². The number of anilines is 1. The smallest absolute Gasteiger partial charge is 0.756 e. The van der Waals surface area contributed by atoms with E-state index in [0.717, 1.165) is 17.2 Å². The fourth-order valence-electron chi connectivity index (χ4n) is 2.73. The number of nitrogens with two attached hydrogens (primary N) is 1. The molecule has 2 unspecified atom stereocenters. The molecule has 1 saturated heterocycles. The zero-order chi connectivity index (χ0) is 23.2. The standard InChI is InChI=1S/C10H16N5O13P3.Na/c11-8-5-9(13-2-12-8)15(3-14-5)10-7(27-29(17,18)19)6(16)4(26-10)1-25-31(23,24)28-30(20,21)22;/h2-4,6-7,10,16H,1H2,(H,23,24)(H2,11,12,13)(H2,17,18,19)(H2,20,21,22);/q;+1/p-1/t4-,6-,7-,10-;/m1./s1. The molecule has 174 valence electrons. The fraction of sp³-hybridized carbons (Fsp3) is 0.500. The van der Waals surface area contributed by atoms with Crippen molar-refractivity contribution in [3.63, 3.8) is 0 Å². The summed E-state index contributed by atoms with van der Waals surface area (Å²) in [7, 11) is -16.2. The van der Waals surface area contributed by atoms with Gasteiger partial charge in [0, 0.05) is 0 Å². The minimum absolute atomic E-state index is 0. The van der Waals surface area contributed by atoms with Crippen LogP contribution in [0.2, 0.25) is 0 Å². The quantitative estimate of drug-likeness (QED) is 0.138. The Balaban J connectivity index is 0.00000363. The Bertz CT molecular complexity index is 1110. The second-order valence-electron chi connectivity index (χ2n) is 6.01. The second-order valence-corrected chi connectivity index (χ2v) is 9.99. The van der Waals surface area contributed by atoms with Gasteiger partial charge >= 0.3 is 45.2 Å². The normalized spacial score (nSPS) is 27.6. The summed E-state index contributed by atoms with van der Waals surface area (Å²) < 4.78 is 52.5. The van der Waals surface area contributed by atoms with Crippen LogP contribution in [-0.4, -0.2) is 69.1 Å². The van der Waals surface area contributed by atoms with E-state index in [0.29, 0.717) is 0 Å². The molecule has 3 heterocycles. The molecule has 32 heavy (non-hydrogen) atoms. The number of aliphatic hydroxyl groups excluding tert-OH is 1. The molecule has 18 nitrogen and oxygen atoms in total. The van der Waals surface area contributed by atoms with Gasteiger partial charge in [-0.1, -0.05) is 0 Å². The minimum Gasteiger partial charge on any atom is -0.756 e. The number of rotatable bonds is 8. The van der Waals surface area contributed by atoms with Crippen LogP contribution in [0.5, 0.6) is 0 Å².